The number of anilines is 5. The van der Waals surface area contributed by atoms with Crippen molar-refractivity contribution < 1.29 is 9.47 Å². The normalized spacial score (nSPS) is 11.1. The molecule has 8 N–H and O–H groups in total. The Labute approximate surface area is 348 Å². The fraction of sp³-hybridized carbons (Fsp3) is 0.638. The Morgan fingerprint density at radius 3 is 1.61 bits per heavy atom. The molecule has 2 aromatic carbocycles. The van der Waals surface area contributed by atoms with E-state index in [1.54, 1.807) is 0 Å². The number of ether oxygens (including phenoxy) is 2. The molecule has 2 atom stereocenters. The molecule has 0 aliphatic rings. The van der Waals surface area contributed by atoms with E-state index >= 15 is 0 Å². The summed E-state index contributed by atoms with van der Waals surface area (Å²) in [5.41, 5.74) is 28.9. The first kappa shape index (κ1) is 54.3. The standard InChI is InChI=1S/C26H48N2O2.C10H15N.C7H9N3S.2C2H6/c1-7-13-15-21(9-3)19-28(20-22(10-4)16-14-8-2)24-18-25(29-11-5)23(27)17-26(24)30-12-6;1-2-3-4-9-5-7-10(11)8-6-9;1-4-5(2-3-8)7(10)11-6(4)9;2*1-2/h17-18,21-22H,7-16,19-20,27H2,1-6H3;5-8H,2-4,11H2,1H3;2,9-10H2,1H3;2*1-2H3. The van der Waals surface area contributed by atoms with Gasteiger partial charge in [0.1, 0.15) is 11.5 Å². The first-order valence-corrected chi connectivity index (χ1v) is 22.6. The summed E-state index contributed by atoms with van der Waals surface area (Å²) in [5.74, 6) is 3.03. The van der Waals surface area contributed by atoms with E-state index in [1.165, 1.54) is 87.5 Å². The Morgan fingerprint density at radius 2 is 1.20 bits per heavy atom. The molecular weight excluding hydrogens is 713 g/mol. The van der Waals surface area contributed by atoms with Crippen LogP contribution in [0.25, 0.3) is 0 Å². The first-order valence-electron chi connectivity index (χ1n) is 21.8. The summed E-state index contributed by atoms with van der Waals surface area (Å²) in [4.78, 5) is 2.57. The van der Waals surface area contributed by atoms with E-state index in [0.717, 1.165) is 47.1 Å². The summed E-state index contributed by atoms with van der Waals surface area (Å²) in [5, 5.41) is 9.82. The van der Waals surface area contributed by atoms with Crippen molar-refractivity contribution in [2.24, 2.45) is 11.8 Å². The van der Waals surface area contributed by atoms with Crippen molar-refractivity contribution in [3.63, 3.8) is 0 Å². The van der Waals surface area contributed by atoms with Crippen molar-refractivity contribution in [2.45, 2.75) is 160 Å². The number of hydrogen-bond donors (Lipinski definition) is 4. The Balaban J connectivity index is 0. The number of nitrogens with zero attached hydrogens (tertiary/aromatic N) is 2. The lowest BCUT2D eigenvalue weighted by Gasteiger charge is -2.34. The third-order valence-electron chi connectivity index (χ3n) is 9.47. The van der Waals surface area contributed by atoms with Crippen LogP contribution in [0.2, 0.25) is 0 Å². The van der Waals surface area contributed by atoms with E-state index in [-0.39, 0.29) is 0 Å². The average molecular weight is 797 g/mol. The predicted octanol–water partition coefficient (Wildman–Crippen LogP) is 13.3. The van der Waals surface area contributed by atoms with E-state index < -0.39 is 0 Å². The molecule has 9 heteroatoms. The Hall–Kier alpha value is -3.77. The molecule has 0 saturated heterocycles. The second-order valence-corrected chi connectivity index (χ2v) is 14.7. The van der Waals surface area contributed by atoms with Crippen molar-refractivity contribution in [2.75, 3.05) is 54.1 Å². The van der Waals surface area contributed by atoms with Gasteiger partial charge in [-0.3, -0.25) is 0 Å². The van der Waals surface area contributed by atoms with Gasteiger partial charge in [-0.1, -0.05) is 119 Å². The van der Waals surface area contributed by atoms with Crippen LogP contribution in [-0.2, 0) is 12.8 Å². The van der Waals surface area contributed by atoms with Crippen LogP contribution in [0.4, 0.5) is 27.1 Å². The number of nitrogen functional groups attached to an aromatic ring is 4. The Kier molecular flexibility index (Phi) is 33.4. The number of aryl methyl sites for hydroxylation is 1. The lowest BCUT2D eigenvalue weighted by atomic mass is 9.95. The van der Waals surface area contributed by atoms with E-state index in [1.807, 2.05) is 66.7 Å². The molecular formula is C47H84N6O2S. The Morgan fingerprint density at radius 1 is 0.696 bits per heavy atom. The maximum Gasteiger partial charge on any atom is 0.144 e. The van der Waals surface area contributed by atoms with Gasteiger partial charge in [-0.15, -0.1) is 11.3 Å². The molecule has 0 amide bonds. The molecule has 3 aromatic rings. The highest BCUT2D eigenvalue weighted by Crippen LogP contribution is 2.39. The minimum atomic E-state index is 0.353. The van der Waals surface area contributed by atoms with Gasteiger partial charge in [0.05, 0.1) is 47.1 Å². The molecule has 0 saturated carbocycles. The van der Waals surface area contributed by atoms with Crippen LogP contribution < -0.4 is 37.3 Å². The highest BCUT2D eigenvalue weighted by molar-refractivity contribution is 7.20. The predicted molar refractivity (Wildman–Crippen MR) is 251 cm³/mol. The highest BCUT2D eigenvalue weighted by atomic mass is 32.1. The van der Waals surface area contributed by atoms with Gasteiger partial charge in [0, 0.05) is 36.5 Å². The minimum Gasteiger partial charge on any atom is -0.492 e. The van der Waals surface area contributed by atoms with Gasteiger partial charge in [0.15, 0.2) is 0 Å². The molecule has 0 aliphatic carbocycles. The van der Waals surface area contributed by atoms with Gasteiger partial charge in [-0.2, -0.15) is 5.26 Å². The summed E-state index contributed by atoms with van der Waals surface area (Å²) >= 11 is 1.34. The van der Waals surface area contributed by atoms with Crippen molar-refractivity contribution >= 4 is 38.4 Å². The smallest absolute Gasteiger partial charge is 0.144 e. The van der Waals surface area contributed by atoms with Crippen molar-refractivity contribution in [3.8, 4) is 17.6 Å². The molecule has 0 radical (unpaired) electrons. The summed E-state index contributed by atoms with van der Waals surface area (Å²) in [6.07, 6.45) is 14.1. The number of benzene rings is 2. The molecule has 56 heavy (non-hydrogen) atoms. The van der Waals surface area contributed by atoms with Gasteiger partial charge in [-0.25, -0.2) is 0 Å². The first-order chi connectivity index (χ1) is 27.0. The lowest BCUT2D eigenvalue weighted by Crippen LogP contribution is -2.34. The Bertz CT molecular complexity index is 1400. The number of unbranched alkanes of at least 4 members (excludes halogenated alkanes) is 3. The van der Waals surface area contributed by atoms with Gasteiger partial charge in [0.25, 0.3) is 0 Å². The minimum absolute atomic E-state index is 0.353. The number of nitriles is 1. The van der Waals surface area contributed by atoms with E-state index in [4.69, 9.17) is 37.7 Å². The number of rotatable bonds is 21. The van der Waals surface area contributed by atoms with Crippen LogP contribution in [0.15, 0.2) is 36.4 Å². The highest BCUT2D eigenvalue weighted by Gasteiger charge is 2.22. The van der Waals surface area contributed by atoms with Crippen LogP contribution in [0.3, 0.4) is 0 Å². The molecule has 3 rings (SSSR count). The van der Waals surface area contributed by atoms with Crippen molar-refractivity contribution in [1.29, 1.82) is 5.26 Å². The molecule has 0 bridgehead atoms. The molecule has 320 valence electrons. The fourth-order valence-corrected chi connectivity index (χ4v) is 6.91. The summed E-state index contributed by atoms with van der Waals surface area (Å²) in [7, 11) is 0. The van der Waals surface area contributed by atoms with Crippen LogP contribution in [0, 0.1) is 30.1 Å². The SMILES string of the molecule is CC.CC.CCCCC(CC)CN(CC(CC)CCCC)c1cc(OCC)c(N)cc1OCC.CCCCc1ccc(N)cc1.Cc1c(N)sc(N)c1CC#N. The summed E-state index contributed by atoms with van der Waals surface area (Å²) in [6.45, 7) is 28.7. The third kappa shape index (κ3) is 21.5. The van der Waals surface area contributed by atoms with Crippen LogP contribution in [-0.4, -0.2) is 26.3 Å². The van der Waals surface area contributed by atoms with Gasteiger partial charge in [0.2, 0.25) is 0 Å². The van der Waals surface area contributed by atoms with E-state index in [9.17, 15) is 0 Å². The number of nitrogens with two attached hydrogens (primary N) is 4. The molecule has 1 aromatic heterocycles. The second kappa shape index (κ2) is 34.5. The van der Waals surface area contributed by atoms with Gasteiger partial charge in [-0.05, 0) is 81.5 Å². The summed E-state index contributed by atoms with van der Waals surface area (Å²) in [6, 6.07) is 14.3. The second-order valence-electron chi connectivity index (χ2n) is 13.6. The zero-order valence-electron chi connectivity index (χ0n) is 37.9. The molecule has 1 heterocycles. The zero-order chi connectivity index (χ0) is 42.9. The molecule has 0 spiro atoms. The maximum absolute atomic E-state index is 8.44. The van der Waals surface area contributed by atoms with Gasteiger partial charge >= 0.3 is 0 Å². The topological polar surface area (TPSA) is 150 Å². The van der Waals surface area contributed by atoms with Crippen LogP contribution >= 0.6 is 11.3 Å². The number of hydrogen-bond acceptors (Lipinski definition) is 9. The molecule has 0 aliphatic heterocycles. The quantitative estimate of drug-likeness (QED) is 0.0778. The average Bonchev–Trinajstić information content (AvgIpc) is 3.46. The summed E-state index contributed by atoms with van der Waals surface area (Å²) < 4.78 is 11.9. The van der Waals surface area contributed by atoms with E-state index in [0.29, 0.717) is 47.2 Å². The monoisotopic (exact) mass is 797 g/mol. The van der Waals surface area contributed by atoms with Crippen molar-refractivity contribution in [3.05, 3.63) is 53.1 Å². The van der Waals surface area contributed by atoms with Crippen molar-refractivity contribution in [1.82, 2.24) is 0 Å². The maximum atomic E-state index is 8.44. The molecule has 0 fully saturated rings. The lowest BCUT2D eigenvalue weighted by molar-refractivity contribution is 0.329. The largest absolute Gasteiger partial charge is 0.492 e. The molecule has 2 unspecified atom stereocenters. The zero-order valence-corrected chi connectivity index (χ0v) is 38.7. The number of thiophene rings is 1. The molecule has 8 nitrogen and oxygen atoms in total. The fourth-order valence-electron chi connectivity index (χ4n) is 6.05. The van der Waals surface area contributed by atoms with Crippen LogP contribution in [0.5, 0.6) is 11.5 Å². The third-order valence-corrected chi connectivity index (χ3v) is 10.5. The van der Waals surface area contributed by atoms with E-state index in [2.05, 4.69) is 63.8 Å². The van der Waals surface area contributed by atoms with Crippen LogP contribution in [0.1, 0.15) is 157 Å². The van der Waals surface area contributed by atoms with Gasteiger partial charge < -0.3 is 37.3 Å².